The lowest BCUT2D eigenvalue weighted by Gasteiger charge is -2.11. The summed E-state index contributed by atoms with van der Waals surface area (Å²) in [4.78, 5) is 0. The van der Waals surface area contributed by atoms with Crippen LogP contribution < -0.4 is 4.74 Å². The van der Waals surface area contributed by atoms with Crippen molar-refractivity contribution in [1.82, 2.24) is 0 Å². The number of ether oxygens (including phenoxy) is 1. The molecule has 2 aromatic rings. The number of hydrogen-bond acceptors (Lipinski definition) is 2. The molecule has 0 aliphatic heterocycles. The molecule has 78 valence electrons. The lowest BCUT2D eigenvalue weighted by Crippen LogP contribution is -1.92. The second-order valence-electron chi connectivity index (χ2n) is 3.48. The maximum absolute atomic E-state index is 10.1. The van der Waals surface area contributed by atoms with Crippen molar-refractivity contribution < 1.29 is 9.84 Å². The lowest BCUT2D eigenvalue weighted by molar-refractivity contribution is 0.402. The normalized spacial score (nSPS) is 10.5. The van der Waals surface area contributed by atoms with Gasteiger partial charge in [-0.25, -0.2) is 0 Å². The van der Waals surface area contributed by atoms with Gasteiger partial charge >= 0.3 is 0 Å². The highest BCUT2D eigenvalue weighted by atomic mass is 16.5. The summed E-state index contributed by atoms with van der Waals surface area (Å²) in [6.45, 7) is 2.01. The van der Waals surface area contributed by atoms with Gasteiger partial charge < -0.3 is 9.84 Å². The van der Waals surface area contributed by atoms with Crippen molar-refractivity contribution in [1.29, 1.82) is 0 Å². The average Bonchev–Trinajstić information content (AvgIpc) is 2.29. The topological polar surface area (TPSA) is 29.5 Å². The Morgan fingerprint density at radius 1 is 1.27 bits per heavy atom. The van der Waals surface area contributed by atoms with Crippen LogP contribution in [0, 0.1) is 0 Å². The summed E-state index contributed by atoms with van der Waals surface area (Å²) in [6, 6.07) is 9.73. The smallest absolute Gasteiger partial charge is 0.130 e. The third-order valence-electron chi connectivity index (χ3n) is 2.66. The van der Waals surface area contributed by atoms with E-state index < -0.39 is 0 Å². The maximum Gasteiger partial charge on any atom is 0.130 e. The molecule has 0 fully saturated rings. The Morgan fingerprint density at radius 2 is 2.00 bits per heavy atom. The second kappa shape index (κ2) is 3.81. The van der Waals surface area contributed by atoms with Crippen molar-refractivity contribution in [2.45, 2.75) is 13.3 Å². The molecule has 2 nitrogen and oxygen atoms in total. The Labute approximate surface area is 89.1 Å². The lowest BCUT2D eigenvalue weighted by atomic mass is 10.0. The molecular weight excluding hydrogens is 188 g/mol. The van der Waals surface area contributed by atoms with Crippen molar-refractivity contribution in [3.8, 4) is 11.5 Å². The summed E-state index contributed by atoms with van der Waals surface area (Å²) < 4.78 is 5.27. The van der Waals surface area contributed by atoms with Crippen LogP contribution in [0.4, 0.5) is 0 Å². The number of benzene rings is 2. The minimum absolute atomic E-state index is 0.340. The predicted octanol–water partition coefficient (Wildman–Crippen LogP) is 3.12. The molecule has 0 aliphatic carbocycles. The highest BCUT2D eigenvalue weighted by Gasteiger charge is 2.10. The van der Waals surface area contributed by atoms with Gasteiger partial charge in [-0.15, -0.1) is 0 Å². The minimum Gasteiger partial charge on any atom is -0.507 e. The van der Waals surface area contributed by atoms with Crippen molar-refractivity contribution in [2.24, 2.45) is 0 Å². The van der Waals surface area contributed by atoms with E-state index in [4.69, 9.17) is 4.74 Å². The van der Waals surface area contributed by atoms with E-state index in [2.05, 4.69) is 0 Å². The van der Waals surface area contributed by atoms with Gasteiger partial charge in [-0.3, -0.25) is 0 Å². The van der Waals surface area contributed by atoms with Crippen LogP contribution in [0.1, 0.15) is 12.5 Å². The molecule has 2 heteroatoms. The highest BCUT2D eigenvalue weighted by Crippen LogP contribution is 2.36. The zero-order valence-electron chi connectivity index (χ0n) is 8.95. The summed E-state index contributed by atoms with van der Waals surface area (Å²) >= 11 is 0. The van der Waals surface area contributed by atoms with Gasteiger partial charge in [0, 0.05) is 10.9 Å². The van der Waals surface area contributed by atoms with E-state index in [9.17, 15) is 5.11 Å². The van der Waals surface area contributed by atoms with Crippen LogP contribution in [0.5, 0.6) is 11.5 Å². The molecular formula is C13H14O2. The fourth-order valence-electron chi connectivity index (χ4n) is 1.87. The molecule has 0 spiro atoms. The van der Waals surface area contributed by atoms with E-state index in [1.807, 2.05) is 37.3 Å². The van der Waals surface area contributed by atoms with E-state index in [1.54, 1.807) is 7.11 Å². The molecule has 0 aromatic heterocycles. The predicted molar refractivity (Wildman–Crippen MR) is 61.5 cm³/mol. The summed E-state index contributed by atoms with van der Waals surface area (Å²) in [7, 11) is 1.63. The third kappa shape index (κ3) is 1.52. The maximum atomic E-state index is 10.1. The van der Waals surface area contributed by atoms with Crippen molar-refractivity contribution in [3.05, 3.63) is 35.9 Å². The van der Waals surface area contributed by atoms with E-state index in [1.165, 1.54) is 0 Å². The van der Waals surface area contributed by atoms with E-state index in [-0.39, 0.29) is 0 Å². The standard InChI is InChI=1S/C13H14O2/c1-3-10-12(15-2)8-9-6-4-5-7-11(9)13(10)14/h4-8,14H,3H2,1-2H3. The Kier molecular flexibility index (Phi) is 2.50. The molecule has 0 heterocycles. The molecule has 15 heavy (non-hydrogen) atoms. The fraction of sp³-hybridized carbons (Fsp3) is 0.231. The van der Waals surface area contributed by atoms with Crippen molar-refractivity contribution in [2.75, 3.05) is 7.11 Å². The van der Waals surface area contributed by atoms with Crippen LogP contribution in [0.15, 0.2) is 30.3 Å². The minimum atomic E-state index is 0.340. The van der Waals surface area contributed by atoms with Gasteiger partial charge in [-0.2, -0.15) is 0 Å². The molecule has 0 saturated carbocycles. The van der Waals surface area contributed by atoms with Gasteiger partial charge in [-0.1, -0.05) is 31.2 Å². The highest BCUT2D eigenvalue weighted by molar-refractivity contribution is 5.91. The second-order valence-corrected chi connectivity index (χ2v) is 3.48. The zero-order chi connectivity index (χ0) is 10.8. The van der Waals surface area contributed by atoms with Gasteiger partial charge in [0.05, 0.1) is 7.11 Å². The Hall–Kier alpha value is -1.70. The van der Waals surface area contributed by atoms with Crippen molar-refractivity contribution in [3.63, 3.8) is 0 Å². The number of fused-ring (bicyclic) bond motifs is 1. The van der Waals surface area contributed by atoms with Gasteiger partial charge in [0.25, 0.3) is 0 Å². The first kappa shape index (κ1) is 9.84. The Bertz CT molecular complexity index is 489. The molecule has 2 aromatic carbocycles. The van der Waals surface area contributed by atoms with Crippen LogP contribution in [-0.2, 0) is 6.42 Å². The molecule has 0 bridgehead atoms. The first-order valence-electron chi connectivity index (χ1n) is 5.05. The summed E-state index contributed by atoms with van der Waals surface area (Å²) in [6.07, 6.45) is 0.764. The molecule has 0 aliphatic rings. The van der Waals surface area contributed by atoms with Gasteiger partial charge in [0.15, 0.2) is 0 Å². The van der Waals surface area contributed by atoms with Crippen LogP contribution in [0.3, 0.4) is 0 Å². The number of methoxy groups -OCH3 is 1. The number of phenolic OH excluding ortho intramolecular Hbond substituents is 1. The van der Waals surface area contributed by atoms with Gasteiger partial charge in [0.2, 0.25) is 0 Å². The molecule has 0 unspecified atom stereocenters. The van der Waals surface area contributed by atoms with E-state index in [0.717, 1.165) is 28.5 Å². The number of phenols is 1. The summed E-state index contributed by atoms with van der Waals surface area (Å²) in [5.41, 5.74) is 0.871. The molecule has 0 radical (unpaired) electrons. The molecule has 1 N–H and O–H groups in total. The zero-order valence-corrected chi connectivity index (χ0v) is 8.95. The molecule has 0 saturated heterocycles. The molecule has 0 amide bonds. The summed E-state index contributed by atoms with van der Waals surface area (Å²) in [5.74, 6) is 1.10. The first-order chi connectivity index (χ1) is 7.27. The van der Waals surface area contributed by atoms with Crippen LogP contribution in [-0.4, -0.2) is 12.2 Å². The SMILES string of the molecule is CCc1c(OC)cc2ccccc2c1O. The van der Waals surface area contributed by atoms with Crippen molar-refractivity contribution >= 4 is 10.8 Å². The number of rotatable bonds is 2. The van der Waals surface area contributed by atoms with Crippen LogP contribution >= 0.6 is 0 Å². The van der Waals surface area contributed by atoms with Crippen LogP contribution in [0.2, 0.25) is 0 Å². The van der Waals surface area contributed by atoms with E-state index >= 15 is 0 Å². The van der Waals surface area contributed by atoms with Crippen LogP contribution in [0.25, 0.3) is 10.8 Å². The van der Waals surface area contributed by atoms with E-state index in [0.29, 0.717) is 5.75 Å². The van der Waals surface area contributed by atoms with Gasteiger partial charge in [0.1, 0.15) is 11.5 Å². The average molecular weight is 202 g/mol. The summed E-state index contributed by atoms with van der Waals surface area (Å²) in [5, 5.41) is 12.0. The fourth-order valence-corrected chi connectivity index (χ4v) is 1.87. The first-order valence-corrected chi connectivity index (χ1v) is 5.05. The van der Waals surface area contributed by atoms with Gasteiger partial charge in [-0.05, 0) is 17.9 Å². The molecule has 2 rings (SSSR count). The Morgan fingerprint density at radius 3 is 2.67 bits per heavy atom. The quantitative estimate of drug-likeness (QED) is 0.810. The monoisotopic (exact) mass is 202 g/mol. The molecule has 0 atom stereocenters. The largest absolute Gasteiger partial charge is 0.507 e. The third-order valence-corrected chi connectivity index (χ3v) is 2.66. The Balaban J connectivity index is 2.81. The number of hydrogen-bond donors (Lipinski definition) is 1. The number of aromatic hydroxyl groups is 1.